The van der Waals surface area contributed by atoms with Crippen molar-refractivity contribution in [3.63, 3.8) is 0 Å². The van der Waals surface area contributed by atoms with E-state index < -0.39 is 7.82 Å². The molecule has 7 heavy (non-hydrogen) atoms. The fourth-order valence-electron chi connectivity index (χ4n) is 0. The van der Waals surface area contributed by atoms with Crippen molar-refractivity contribution in [2.45, 2.75) is 0 Å². The van der Waals surface area contributed by atoms with Gasteiger partial charge in [0.1, 0.15) is 0 Å². The van der Waals surface area contributed by atoms with Gasteiger partial charge in [0, 0.05) is 0 Å². The van der Waals surface area contributed by atoms with Gasteiger partial charge in [0.15, 0.2) is 0 Å². The standard InChI is InChI=1S/GeH4.Li.H3O4P.H/c;;1-5(2,3)4;/h1H4;;(H3,1,2,3,4);/q;+1;;-1. The zero-order valence-electron chi connectivity index (χ0n) is 4.20. The molecular formula is H8GeLiO4P. The van der Waals surface area contributed by atoms with Crippen LogP contribution in [0.5, 0.6) is 0 Å². The molecule has 3 N–H and O–H groups in total. The molecule has 0 rings (SSSR count). The van der Waals surface area contributed by atoms with Gasteiger partial charge >= 0.3 is 44.3 Å². The van der Waals surface area contributed by atoms with Gasteiger partial charge in [0.05, 0.1) is 0 Å². The summed E-state index contributed by atoms with van der Waals surface area (Å²) >= 11 is 0. The maximum Gasteiger partial charge on any atom is 1.00 e. The Morgan fingerprint density at radius 1 is 1.29 bits per heavy atom. The predicted octanol–water partition coefficient (Wildman–Crippen LogP) is -5.26. The second-order valence-corrected chi connectivity index (χ2v) is 1.54. The van der Waals surface area contributed by atoms with Gasteiger partial charge in [-0.25, -0.2) is 4.57 Å². The van der Waals surface area contributed by atoms with Crippen LogP contribution in [0.2, 0.25) is 0 Å². The SMILES string of the molecule is O=P(O)(O)O.[GeH4].[H-].[Li+]. The molecule has 0 aromatic carbocycles. The molecule has 0 radical (unpaired) electrons. The van der Waals surface area contributed by atoms with Crippen molar-refractivity contribution >= 4 is 25.4 Å². The van der Waals surface area contributed by atoms with Crippen molar-refractivity contribution in [1.82, 2.24) is 0 Å². The van der Waals surface area contributed by atoms with Gasteiger partial charge in [-0.1, -0.05) is 0 Å². The molecule has 0 bridgehead atoms. The molecule has 0 spiro atoms. The van der Waals surface area contributed by atoms with Crippen LogP contribution in [0.25, 0.3) is 0 Å². The number of phosphoric acid groups is 1. The third-order valence-corrected chi connectivity index (χ3v) is 0. The quantitative estimate of drug-likeness (QED) is 0.259. The van der Waals surface area contributed by atoms with Crippen molar-refractivity contribution in [2.24, 2.45) is 0 Å². The Morgan fingerprint density at radius 2 is 1.29 bits per heavy atom. The molecule has 0 aromatic rings. The average Bonchev–Trinajstić information content (AvgIpc) is 0.722. The molecule has 0 aromatic heterocycles. The van der Waals surface area contributed by atoms with E-state index in [0.29, 0.717) is 0 Å². The molecule has 0 aliphatic carbocycles. The second-order valence-electron chi connectivity index (χ2n) is 0.513. The van der Waals surface area contributed by atoms with Gasteiger partial charge in [-0.05, 0) is 0 Å². The molecule has 0 saturated carbocycles. The third-order valence-electron chi connectivity index (χ3n) is 0. The van der Waals surface area contributed by atoms with Gasteiger partial charge in [-0.3, -0.25) is 0 Å². The average molecular weight is 183 g/mol. The van der Waals surface area contributed by atoms with Crippen molar-refractivity contribution in [2.75, 3.05) is 0 Å². The van der Waals surface area contributed by atoms with Crippen LogP contribution in [-0.4, -0.2) is 32.3 Å². The molecule has 0 saturated heterocycles. The van der Waals surface area contributed by atoms with E-state index in [1.807, 2.05) is 0 Å². The molecular weight excluding hydrogens is 175 g/mol. The Balaban J connectivity index is -0.0000000267. The minimum absolute atomic E-state index is 0. The molecule has 0 unspecified atom stereocenters. The van der Waals surface area contributed by atoms with E-state index in [0.717, 1.165) is 0 Å². The zero-order chi connectivity index (χ0) is 4.50. The molecule has 0 atom stereocenters. The maximum atomic E-state index is 8.88. The largest absolute Gasteiger partial charge is 1.00 e. The van der Waals surface area contributed by atoms with Gasteiger partial charge < -0.3 is 16.1 Å². The Kier molecular flexibility index (Phi) is 12.1. The molecule has 0 heterocycles. The van der Waals surface area contributed by atoms with E-state index in [4.69, 9.17) is 19.2 Å². The summed E-state index contributed by atoms with van der Waals surface area (Å²) in [6.07, 6.45) is 0. The normalized spacial score (nSPS) is 8.43. The van der Waals surface area contributed by atoms with E-state index in [1.54, 1.807) is 0 Å². The Morgan fingerprint density at radius 3 is 1.29 bits per heavy atom. The molecule has 7 heteroatoms. The zero-order valence-corrected chi connectivity index (χ0v) is 4.09. The Hall–Kier alpha value is 1.25. The van der Waals surface area contributed by atoms with Crippen molar-refractivity contribution in [3.05, 3.63) is 0 Å². The Labute approximate surface area is 65.2 Å². The first-order valence-electron chi connectivity index (χ1n) is 0.783. The van der Waals surface area contributed by atoms with Gasteiger partial charge in [-0.15, -0.1) is 0 Å². The fourth-order valence-corrected chi connectivity index (χ4v) is 0. The number of hydrogen-bond donors (Lipinski definition) is 3. The van der Waals surface area contributed by atoms with Gasteiger partial charge in [0.25, 0.3) is 0 Å². The van der Waals surface area contributed by atoms with E-state index in [9.17, 15) is 0 Å². The van der Waals surface area contributed by atoms with E-state index in [2.05, 4.69) is 0 Å². The first-order valence-corrected chi connectivity index (χ1v) is 2.35. The summed E-state index contributed by atoms with van der Waals surface area (Å²) < 4.78 is 8.88. The number of hydrogen-bond acceptors (Lipinski definition) is 1. The summed E-state index contributed by atoms with van der Waals surface area (Å²) in [7, 11) is -4.64. The van der Waals surface area contributed by atoms with E-state index in [-0.39, 0.29) is 37.9 Å². The minimum atomic E-state index is -4.64. The molecule has 0 aliphatic heterocycles. The summed E-state index contributed by atoms with van der Waals surface area (Å²) in [5.41, 5.74) is 0. The summed E-state index contributed by atoms with van der Waals surface area (Å²) in [5.74, 6) is 0. The van der Waals surface area contributed by atoms with Crippen LogP contribution >= 0.6 is 7.82 Å². The topological polar surface area (TPSA) is 77.8 Å². The van der Waals surface area contributed by atoms with Crippen molar-refractivity contribution in [3.8, 4) is 0 Å². The second kappa shape index (κ2) is 5.39. The molecule has 0 aliphatic rings. The van der Waals surface area contributed by atoms with Crippen LogP contribution in [0.4, 0.5) is 0 Å². The summed E-state index contributed by atoms with van der Waals surface area (Å²) in [6, 6.07) is 0. The van der Waals surface area contributed by atoms with Gasteiger partial charge in [0.2, 0.25) is 0 Å². The number of rotatable bonds is 0. The van der Waals surface area contributed by atoms with Crippen LogP contribution in [0, 0.1) is 0 Å². The molecule has 0 fully saturated rings. The van der Waals surface area contributed by atoms with E-state index in [1.165, 1.54) is 0 Å². The summed E-state index contributed by atoms with van der Waals surface area (Å²) in [6.45, 7) is 0. The van der Waals surface area contributed by atoms with Crippen molar-refractivity contribution in [1.29, 1.82) is 0 Å². The summed E-state index contributed by atoms with van der Waals surface area (Å²) in [5, 5.41) is 0. The maximum absolute atomic E-state index is 8.88. The third kappa shape index (κ3) is 128. The molecule has 0 amide bonds. The van der Waals surface area contributed by atoms with Crippen molar-refractivity contribution < 1.29 is 39.5 Å². The fraction of sp³-hybridized carbons (Fsp3) is 0. The van der Waals surface area contributed by atoms with Crippen LogP contribution in [-0.2, 0) is 4.57 Å². The molecule has 42 valence electrons. The van der Waals surface area contributed by atoms with E-state index >= 15 is 0 Å². The Bertz CT molecular complexity index is 62.2. The predicted molar refractivity (Wildman–Crippen MR) is 26.7 cm³/mol. The minimum Gasteiger partial charge on any atom is -1.00 e. The first kappa shape index (κ1) is 15.7. The van der Waals surface area contributed by atoms with Crippen LogP contribution in [0.1, 0.15) is 1.43 Å². The first-order chi connectivity index (χ1) is 2.00. The van der Waals surface area contributed by atoms with Crippen LogP contribution < -0.4 is 18.9 Å². The smallest absolute Gasteiger partial charge is 1.00 e. The molecule has 4 nitrogen and oxygen atoms in total. The van der Waals surface area contributed by atoms with Crippen LogP contribution in [0.3, 0.4) is 0 Å². The van der Waals surface area contributed by atoms with Crippen LogP contribution in [0.15, 0.2) is 0 Å². The summed E-state index contributed by atoms with van der Waals surface area (Å²) in [4.78, 5) is 21.6. The monoisotopic (exact) mass is 184 g/mol. The van der Waals surface area contributed by atoms with Gasteiger partial charge in [-0.2, -0.15) is 0 Å².